The SMILES string of the molecule is Cc1cc(S(=O)(=O)Nc2ccc(F)cc2I)sc1Br. The highest BCUT2D eigenvalue weighted by Gasteiger charge is 2.19. The standard InChI is InChI=1S/C11H8BrFINO2S2/c1-6-4-10(18-11(6)12)19(16,17)15-9-3-2-7(13)5-8(9)14/h2-5,15H,1H3. The molecule has 0 unspecified atom stereocenters. The molecule has 0 aliphatic heterocycles. The lowest BCUT2D eigenvalue weighted by Crippen LogP contribution is -2.12. The summed E-state index contributed by atoms with van der Waals surface area (Å²) in [7, 11) is -3.64. The van der Waals surface area contributed by atoms with E-state index in [-0.39, 0.29) is 4.21 Å². The Hall–Kier alpha value is -0.190. The largest absolute Gasteiger partial charge is 0.278 e. The van der Waals surface area contributed by atoms with E-state index in [4.69, 9.17) is 0 Å². The van der Waals surface area contributed by atoms with Crippen LogP contribution < -0.4 is 4.72 Å². The third-order valence-electron chi connectivity index (χ3n) is 2.27. The molecule has 0 bridgehead atoms. The van der Waals surface area contributed by atoms with Crippen molar-refractivity contribution in [2.75, 3.05) is 4.72 Å². The van der Waals surface area contributed by atoms with Crippen LogP contribution in [0, 0.1) is 16.3 Å². The van der Waals surface area contributed by atoms with E-state index in [9.17, 15) is 12.8 Å². The smallest absolute Gasteiger partial charge is 0.271 e. The van der Waals surface area contributed by atoms with Crippen LogP contribution in [0.1, 0.15) is 5.56 Å². The number of sulfonamides is 1. The van der Waals surface area contributed by atoms with E-state index >= 15 is 0 Å². The van der Waals surface area contributed by atoms with E-state index in [1.165, 1.54) is 18.2 Å². The number of thiophene rings is 1. The highest BCUT2D eigenvalue weighted by molar-refractivity contribution is 14.1. The summed E-state index contributed by atoms with van der Waals surface area (Å²) in [5.41, 5.74) is 1.23. The molecule has 2 aromatic rings. The second-order valence-corrected chi connectivity index (χ2v) is 9.19. The highest BCUT2D eigenvalue weighted by Crippen LogP contribution is 2.32. The maximum Gasteiger partial charge on any atom is 0.271 e. The van der Waals surface area contributed by atoms with Crippen molar-refractivity contribution in [3.63, 3.8) is 0 Å². The molecular weight excluding hydrogens is 468 g/mol. The molecular formula is C11H8BrFINO2S2. The third-order valence-corrected chi connectivity index (χ3v) is 7.14. The van der Waals surface area contributed by atoms with Crippen molar-refractivity contribution in [2.45, 2.75) is 11.1 Å². The zero-order valence-corrected chi connectivity index (χ0v) is 15.0. The Labute approximate surface area is 136 Å². The van der Waals surface area contributed by atoms with Crippen molar-refractivity contribution in [1.29, 1.82) is 0 Å². The van der Waals surface area contributed by atoms with Crippen molar-refractivity contribution in [1.82, 2.24) is 0 Å². The van der Waals surface area contributed by atoms with Crippen molar-refractivity contribution in [2.24, 2.45) is 0 Å². The van der Waals surface area contributed by atoms with Gasteiger partial charge in [-0.05, 0) is 75.3 Å². The van der Waals surface area contributed by atoms with Crippen molar-refractivity contribution < 1.29 is 12.8 Å². The first-order valence-electron chi connectivity index (χ1n) is 5.03. The van der Waals surface area contributed by atoms with Gasteiger partial charge in [0, 0.05) is 3.57 Å². The summed E-state index contributed by atoms with van der Waals surface area (Å²) in [5.74, 6) is -0.401. The number of aryl methyl sites for hydroxylation is 1. The quantitative estimate of drug-likeness (QED) is 0.670. The molecule has 0 atom stereocenters. The van der Waals surface area contributed by atoms with Gasteiger partial charge >= 0.3 is 0 Å². The van der Waals surface area contributed by atoms with Crippen molar-refractivity contribution in [3.05, 3.63) is 43.0 Å². The molecule has 0 saturated carbocycles. The fourth-order valence-electron chi connectivity index (χ4n) is 1.33. The van der Waals surface area contributed by atoms with Crippen LogP contribution in [-0.4, -0.2) is 8.42 Å². The number of hydrogen-bond acceptors (Lipinski definition) is 3. The summed E-state index contributed by atoms with van der Waals surface area (Å²) >= 11 is 6.32. The van der Waals surface area contributed by atoms with Crippen molar-refractivity contribution in [3.8, 4) is 0 Å². The Balaban J connectivity index is 2.36. The molecule has 0 saturated heterocycles. The third kappa shape index (κ3) is 3.47. The van der Waals surface area contributed by atoms with Gasteiger partial charge in [0.1, 0.15) is 10.0 Å². The average Bonchev–Trinajstić information content (AvgIpc) is 2.64. The van der Waals surface area contributed by atoms with Gasteiger partial charge in [-0.3, -0.25) is 4.72 Å². The number of halogens is 3. The monoisotopic (exact) mass is 475 g/mol. The molecule has 1 N–H and O–H groups in total. The van der Waals surface area contributed by atoms with Gasteiger partial charge in [-0.1, -0.05) is 0 Å². The Morgan fingerprint density at radius 1 is 1.37 bits per heavy atom. The number of anilines is 1. The molecule has 0 amide bonds. The topological polar surface area (TPSA) is 46.2 Å². The van der Waals surface area contributed by atoms with Crippen LogP contribution in [0.25, 0.3) is 0 Å². The number of hydrogen-bond donors (Lipinski definition) is 1. The minimum Gasteiger partial charge on any atom is -0.278 e. The summed E-state index contributed by atoms with van der Waals surface area (Å²) in [6.45, 7) is 1.82. The predicted octanol–water partition coefficient (Wildman–Crippen LogP) is 4.36. The van der Waals surface area contributed by atoms with Crippen LogP contribution in [0.3, 0.4) is 0 Å². The summed E-state index contributed by atoms with van der Waals surface area (Å²) in [6.07, 6.45) is 0. The molecule has 3 nitrogen and oxygen atoms in total. The summed E-state index contributed by atoms with van der Waals surface area (Å²) in [5, 5.41) is 0. The van der Waals surface area contributed by atoms with E-state index in [1.54, 1.807) is 6.07 Å². The van der Waals surface area contributed by atoms with E-state index in [1.807, 2.05) is 29.5 Å². The Morgan fingerprint density at radius 3 is 2.58 bits per heavy atom. The molecule has 0 aliphatic carbocycles. The fraction of sp³-hybridized carbons (Fsp3) is 0.0909. The molecule has 2 rings (SSSR count). The van der Waals surface area contributed by atoms with Gasteiger partial charge in [0.2, 0.25) is 0 Å². The molecule has 1 aromatic carbocycles. The van der Waals surface area contributed by atoms with Crippen LogP contribution in [0.5, 0.6) is 0 Å². The van der Waals surface area contributed by atoms with Crippen LogP contribution in [0.2, 0.25) is 0 Å². The van der Waals surface area contributed by atoms with Gasteiger partial charge in [-0.2, -0.15) is 0 Å². The maximum absolute atomic E-state index is 13.0. The zero-order valence-electron chi connectivity index (χ0n) is 9.58. The molecule has 8 heteroatoms. The first-order valence-corrected chi connectivity index (χ1v) is 9.20. The predicted molar refractivity (Wildman–Crippen MR) is 86.7 cm³/mol. The number of rotatable bonds is 3. The molecule has 1 heterocycles. The molecule has 0 fully saturated rings. The average molecular weight is 476 g/mol. The van der Waals surface area contributed by atoms with Gasteiger partial charge in [-0.15, -0.1) is 11.3 Å². The van der Waals surface area contributed by atoms with Gasteiger partial charge in [0.15, 0.2) is 0 Å². The van der Waals surface area contributed by atoms with E-state index in [2.05, 4.69) is 20.7 Å². The van der Waals surface area contributed by atoms with Crippen LogP contribution >= 0.6 is 49.9 Å². The maximum atomic E-state index is 13.0. The minimum absolute atomic E-state index is 0.219. The van der Waals surface area contributed by atoms with E-state index in [0.717, 1.165) is 20.7 Å². The molecule has 19 heavy (non-hydrogen) atoms. The Morgan fingerprint density at radius 2 is 2.05 bits per heavy atom. The Bertz CT molecular complexity index is 711. The second-order valence-electron chi connectivity index (χ2n) is 3.75. The van der Waals surface area contributed by atoms with Crippen LogP contribution in [0.15, 0.2) is 32.3 Å². The molecule has 0 aliphatic rings. The fourth-order valence-corrected chi connectivity index (χ4v) is 5.43. The second kappa shape index (κ2) is 5.66. The lowest BCUT2D eigenvalue weighted by molar-refractivity contribution is 0.602. The van der Waals surface area contributed by atoms with Gasteiger partial charge in [0.25, 0.3) is 10.0 Å². The van der Waals surface area contributed by atoms with Gasteiger partial charge in [0.05, 0.1) is 9.47 Å². The highest BCUT2D eigenvalue weighted by atomic mass is 127. The first-order chi connectivity index (χ1) is 8.79. The Kier molecular flexibility index (Phi) is 4.53. The van der Waals surface area contributed by atoms with Crippen LogP contribution in [-0.2, 0) is 10.0 Å². The molecule has 0 radical (unpaired) electrons. The van der Waals surface area contributed by atoms with Gasteiger partial charge in [-0.25, -0.2) is 12.8 Å². The lowest BCUT2D eigenvalue weighted by Gasteiger charge is -2.08. The van der Waals surface area contributed by atoms with E-state index in [0.29, 0.717) is 9.26 Å². The van der Waals surface area contributed by atoms with Crippen LogP contribution in [0.4, 0.5) is 10.1 Å². The summed E-state index contributed by atoms with van der Waals surface area (Å²) in [6, 6.07) is 5.49. The lowest BCUT2D eigenvalue weighted by atomic mass is 10.3. The summed E-state index contributed by atoms with van der Waals surface area (Å²) in [4.78, 5) is 0. The zero-order chi connectivity index (χ0) is 14.2. The number of nitrogens with one attached hydrogen (secondary N) is 1. The van der Waals surface area contributed by atoms with E-state index < -0.39 is 15.8 Å². The minimum atomic E-state index is -3.64. The number of benzene rings is 1. The van der Waals surface area contributed by atoms with Crippen molar-refractivity contribution >= 4 is 65.6 Å². The normalized spacial score (nSPS) is 11.6. The molecule has 0 spiro atoms. The summed E-state index contributed by atoms with van der Waals surface area (Å²) < 4.78 is 41.3. The molecule has 1 aromatic heterocycles. The molecule has 102 valence electrons. The van der Waals surface area contributed by atoms with Gasteiger partial charge < -0.3 is 0 Å². The first kappa shape index (κ1) is 15.2.